The molecule has 0 N–H and O–H groups in total. The molecular weight excluding hydrogens is 462 g/mol. The predicted octanol–water partition coefficient (Wildman–Crippen LogP) is 2.66. The summed E-state index contributed by atoms with van der Waals surface area (Å²) in [6.07, 6.45) is 4.29. The zero-order valence-corrected chi connectivity index (χ0v) is 21.1. The van der Waals surface area contributed by atoms with E-state index in [0.29, 0.717) is 43.3 Å². The van der Waals surface area contributed by atoms with E-state index in [1.807, 2.05) is 24.3 Å². The van der Waals surface area contributed by atoms with Crippen LogP contribution >= 0.6 is 0 Å². The highest BCUT2D eigenvalue weighted by molar-refractivity contribution is 5.98. The third kappa shape index (κ3) is 7.32. The SMILES string of the molecule is COc1ccccc1C(=O)N(CCCN1CCOCC1)CC(=O)N(Cc1ccco1)CC1CCCO1. The van der Waals surface area contributed by atoms with Crippen molar-refractivity contribution in [2.24, 2.45) is 0 Å². The summed E-state index contributed by atoms with van der Waals surface area (Å²) in [5, 5.41) is 0. The van der Waals surface area contributed by atoms with Gasteiger partial charge in [-0.2, -0.15) is 0 Å². The van der Waals surface area contributed by atoms with Gasteiger partial charge >= 0.3 is 0 Å². The van der Waals surface area contributed by atoms with Crippen LogP contribution in [0.5, 0.6) is 5.75 Å². The van der Waals surface area contributed by atoms with E-state index in [0.717, 1.165) is 52.1 Å². The Kier molecular flexibility index (Phi) is 9.77. The van der Waals surface area contributed by atoms with Crippen LogP contribution in [0, 0.1) is 0 Å². The van der Waals surface area contributed by atoms with E-state index in [2.05, 4.69) is 4.90 Å². The number of amides is 2. The highest BCUT2D eigenvalue weighted by Crippen LogP contribution is 2.21. The van der Waals surface area contributed by atoms with E-state index in [1.165, 1.54) is 0 Å². The number of morpholine rings is 1. The van der Waals surface area contributed by atoms with Crippen molar-refractivity contribution in [3.05, 3.63) is 54.0 Å². The molecule has 2 saturated heterocycles. The van der Waals surface area contributed by atoms with E-state index < -0.39 is 0 Å². The molecule has 0 bridgehead atoms. The maximum Gasteiger partial charge on any atom is 0.258 e. The Morgan fingerprint density at radius 2 is 1.92 bits per heavy atom. The molecule has 4 rings (SSSR count). The van der Waals surface area contributed by atoms with Gasteiger partial charge < -0.3 is 28.4 Å². The van der Waals surface area contributed by atoms with Crippen LogP contribution in [0.25, 0.3) is 0 Å². The molecule has 2 aliphatic rings. The Bertz CT molecular complexity index is 954. The minimum Gasteiger partial charge on any atom is -0.496 e. The third-order valence-electron chi connectivity index (χ3n) is 6.68. The van der Waals surface area contributed by atoms with Crippen LogP contribution in [-0.4, -0.2) is 98.8 Å². The van der Waals surface area contributed by atoms with E-state index in [4.69, 9.17) is 18.6 Å². The lowest BCUT2D eigenvalue weighted by Crippen LogP contribution is -2.46. The van der Waals surface area contributed by atoms with Gasteiger partial charge in [-0.3, -0.25) is 14.5 Å². The van der Waals surface area contributed by atoms with E-state index in [1.54, 1.807) is 35.3 Å². The molecule has 0 saturated carbocycles. The zero-order chi connectivity index (χ0) is 25.2. The molecule has 1 aromatic carbocycles. The van der Waals surface area contributed by atoms with Gasteiger partial charge in [0, 0.05) is 39.3 Å². The average Bonchev–Trinajstić information content (AvgIpc) is 3.62. The molecule has 1 unspecified atom stereocenters. The second-order valence-corrected chi connectivity index (χ2v) is 9.22. The second kappa shape index (κ2) is 13.4. The molecule has 2 aliphatic heterocycles. The standard InChI is InChI=1S/C27H37N3O6/c1-33-25-10-3-2-9-24(25)27(32)29(12-6-11-28-13-17-34-18-14-28)21-26(31)30(19-22-7-4-15-35-22)20-23-8-5-16-36-23/h2-4,7,9-10,15,23H,5-6,8,11-14,16-21H2,1H3. The molecule has 1 aromatic heterocycles. The molecule has 3 heterocycles. The lowest BCUT2D eigenvalue weighted by atomic mass is 10.1. The van der Waals surface area contributed by atoms with Crippen LogP contribution in [0.4, 0.5) is 0 Å². The topological polar surface area (TPSA) is 84.7 Å². The minimum absolute atomic E-state index is 0.00333. The van der Waals surface area contributed by atoms with Gasteiger partial charge in [-0.15, -0.1) is 0 Å². The Hall–Kier alpha value is -2.88. The van der Waals surface area contributed by atoms with E-state index >= 15 is 0 Å². The van der Waals surface area contributed by atoms with Crippen molar-refractivity contribution in [3.8, 4) is 5.75 Å². The highest BCUT2D eigenvalue weighted by atomic mass is 16.5. The van der Waals surface area contributed by atoms with Crippen molar-refractivity contribution >= 4 is 11.8 Å². The maximum atomic E-state index is 13.6. The van der Waals surface area contributed by atoms with Gasteiger partial charge in [0.25, 0.3) is 5.91 Å². The number of nitrogens with zero attached hydrogens (tertiary/aromatic N) is 3. The summed E-state index contributed by atoms with van der Waals surface area (Å²) in [4.78, 5) is 32.9. The monoisotopic (exact) mass is 499 g/mol. The molecule has 196 valence electrons. The largest absolute Gasteiger partial charge is 0.496 e. The molecule has 2 fully saturated rings. The molecular formula is C27H37N3O6. The fraction of sp³-hybridized carbons (Fsp3) is 0.556. The molecule has 0 aliphatic carbocycles. The number of benzene rings is 1. The first kappa shape index (κ1) is 26.2. The maximum absolute atomic E-state index is 13.6. The lowest BCUT2D eigenvalue weighted by Gasteiger charge is -2.30. The molecule has 0 spiro atoms. The van der Waals surface area contributed by atoms with Crippen LogP contribution < -0.4 is 4.74 Å². The van der Waals surface area contributed by atoms with Gasteiger partial charge in [0.15, 0.2) is 0 Å². The summed E-state index contributed by atoms with van der Waals surface area (Å²) in [6.45, 7) is 6.06. The summed E-state index contributed by atoms with van der Waals surface area (Å²) in [7, 11) is 1.55. The first-order valence-corrected chi connectivity index (χ1v) is 12.8. The van der Waals surface area contributed by atoms with Gasteiger partial charge in [0.2, 0.25) is 5.91 Å². The average molecular weight is 500 g/mol. The summed E-state index contributed by atoms with van der Waals surface area (Å²) in [5.41, 5.74) is 0.455. The Morgan fingerprint density at radius 3 is 2.64 bits per heavy atom. The van der Waals surface area contributed by atoms with Crippen LogP contribution in [0.2, 0.25) is 0 Å². The number of carbonyl (C=O) groups excluding carboxylic acids is 2. The minimum atomic E-state index is -0.210. The van der Waals surface area contributed by atoms with Gasteiger partial charge in [-0.25, -0.2) is 0 Å². The van der Waals surface area contributed by atoms with Crippen molar-refractivity contribution < 1.29 is 28.2 Å². The lowest BCUT2D eigenvalue weighted by molar-refractivity contribution is -0.134. The van der Waals surface area contributed by atoms with Crippen LogP contribution in [0.1, 0.15) is 35.4 Å². The highest BCUT2D eigenvalue weighted by Gasteiger charge is 2.28. The molecule has 1 atom stereocenters. The number of furan rings is 1. The van der Waals surface area contributed by atoms with Crippen molar-refractivity contribution in [1.82, 2.24) is 14.7 Å². The number of methoxy groups -OCH3 is 1. The Morgan fingerprint density at radius 1 is 1.08 bits per heavy atom. The Balaban J connectivity index is 1.47. The normalized spacial score (nSPS) is 18.2. The zero-order valence-electron chi connectivity index (χ0n) is 21.1. The number of carbonyl (C=O) groups is 2. The molecule has 9 nitrogen and oxygen atoms in total. The summed E-state index contributed by atoms with van der Waals surface area (Å²) in [6, 6.07) is 10.8. The third-order valence-corrected chi connectivity index (χ3v) is 6.68. The number of hydrogen-bond donors (Lipinski definition) is 0. The number of hydrogen-bond acceptors (Lipinski definition) is 7. The van der Waals surface area contributed by atoms with Gasteiger partial charge in [0.1, 0.15) is 18.1 Å². The van der Waals surface area contributed by atoms with E-state index in [9.17, 15) is 9.59 Å². The van der Waals surface area contributed by atoms with Crippen LogP contribution in [0.15, 0.2) is 47.1 Å². The molecule has 36 heavy (non-hydrogen) atoms. The molecule has 2 aromatic rings. The smallest absolute Gasteiger partial charge is 0.258 e. The fourth-order valence-corrected chi connectivity index (χ4v) is 4.70. The Labute approximate surface area is 212 Å². The van der Waals surface area contributed by atoms with Crippen molar-refractivity contribution in [1.29, 1.82) is 0 Å². The molecule has 0 radical (unpaired) electrons. The first-order valence-electron chi connectivity index (χ1n) is 12.8. The van der Waals surface area contributed by atoms with Crippen LogP contribution in [-0.2, 0) is 20.8 Å². The van der Waals surface area contributed by atoms with Crippen molar-refractivity contribution in [2.45, 2.75) is 31.9 Å². The number of ether oxygens (including phenoxy) is 3. The van der Waals surface area contributed by atoms with Gasteiger partial charge in [-0.05, 0) is 43.5 Å². The van der Waals surface area contributed by atoms with Crippen molar-refractivity contribution in [2.75, 3.05) is 66.2 Å². The van der Waals surface area contributed by atoms with Crippen molar-refractivity contribution in [3.63, 3.8) is 0 Å². The van der Waals surface area contributed by atoms with Crippen LogP contribution in [0.3, 0.4) is 0 Å². The molecule has 9 heteroatoms. The van der Waals surface area contributed by atoms with Gasteiger partial charge in [-0.1, -0.05) is 12.1 Å². The fourth-order valence-electron chi connectivity index (χ4n) is 4.70. The molecule has 2 amide bonds. The van der Waals surface area contributed by atoms with E-state index in [-0.39, 0.29) is 24.5 Å². The number of para-hydroxylation sites is 1. The summed E-state index contributed by atoms with van der Waals surface area (Å²) in [5.74, 6) is 0.866. The second-order valence-electron chi connectivity index (χ2n) is 9.22. The first-order chi connectivity index (χ1) is 17.6. The predicted molar refractivity (Wildman–Crippen MR) is 134 cm³/mol. The van der Waals surface area contributed by atoms with Gasteiger partial charge in [0.05, 0.1) is 44.8 Å². The summed E-state index contributed by atoms with van der Waals surface area (Å²) < 4.78 is 22.2. The number of rotatable bonds is 12. The quantitative estimate of drug-likeness (QED) is 0.444. The summed E-state index contributed by atoms with van der Waals surface area (Å²) >= 11 is 0.